The van der Waals surface area contributed by atoms with Crippen molar-refractivity contribution in [2.45, 2.75) is 38.8 Å². The van der Waals surface area contributed by atoms with Crippen LogP contribution in [0.1, 0.15) is 29.7 Å². The van der Waals surface area contributed by atoms with Crippen molar-refractivity contribution in [2.24, 2.45) is 0 Å². The van der Waals surface area contributed by atoms with E-state index in [4.69, 9.17) is 0 Å². The van der Waals surface area contributed by atoms with Crippen LogP contribution in [0, 0.1) is 18.6 Å². The molecule has 1 saturated carbocycles. The molecule has 3 nitrogen and oxygen atoms in total. The summed E-state index contributed by atoms with van der Waals surface area (Å²) in [4.78, 5) is 18.0. The number of fused-ring (bicyclic) bond motifs is 1. The molecule has 4 rings (SSSR count). The minimum Gasteiger partial charge on any atom is -0.358 e. The van der Waals surface area contributed by atoms with Gasteiger partial charge >= 0.3 is 0 Å². The third-order valence-corrected chi connectivity index (χ3v) is 4.96. The van der Waals surface area contributed by atoms with Gasteiger partial charge in [-0.15, -0.1) is 0 Å². The van der Waals surface area contributed by atoms with Crippen molar-refractivity contribution in [3.8, 4) is 0 Å². The number of aromatic nitrogens is 1. The number of nitrogens with zero attached hydrogens (tertiary/aromatic N) is 1. The van der Waals surface area contributed by atoms with Gasteiger partial charge in [0, 0.05) is 29.2 Å². The van der Waals surface area contributed by atoms with Gasteiger partial charge in [-0.25, -0.2) is 8.78 Å². The highest BCUT2D eigenvalue weighted by Crippen LogP contribution is 2.30. The number of aryl methyl sites for hydroxylation is 1. The Morgan fingerprint density at radius 3 is 2.65 bits per heavy atom. The lowest BCUT2D eigenvalue weighted by Gasteiger charge is -2.23. The summed E-state index contributed by atoms with van der Waals surface area (Å²) < 4.78 is 27.1. The van der Waals surface area contributed by atoms with Crippen molar-refractivity contribution < 1.29 is 13.6 Å². The molecule has 1 heterocycles. The zero-order valence-corrected chi connectivity index (χ0v) is 14.6. The Kier molecular flexibility index (Phi) is 4.23. The van der Waals surface area contributed by atoms with Crippen molar-refractivity contribution in [1.29, 1.82) is 0 Å². The molecular weight excluding hydrogens is 334 g/mol. The van der Waals surface area contributed by atoms with Gasteiger partial charge in [-0.3, -0.25) is 4.79 Å². The maximum Gasteiger partial charge on any atom is 0.227 e. The van der Waals surface area contributed by atoms with E-state index in [1.807, 2.05) is 17.9 Å². The van der Waals surface area contributed by atoms with Gasteiger partial charge in [-0.2, -0.15) is 0 Å². The van der Waals surface area contributed by atoms with E-state index in [2.05, 4.69) is 4.98 Å². The van der Waals surface area contributed by atoms with Gasteiger partial charge in [0.25, 0.3) is 0 Å². The molecule has 1 N–H and O–H groups in total. The number of rotatable bonds is 5. The predicted octanol–water partition coefficient (Wildman–Crippen LogP) is 4.49. The Balaban J connectivity index is 1.59. The lowest BCUT2D eigenvalue weighted by atomic mass is 10.1. The average Bonchev–Trinajstić information content (AvgIpc) is 3.39. The van der Waals surface area contributed by atoms with Gasteiger partial charge in [-0.1, -0.05) is 12.1 Å². The highest BCUT2D eigenvalue weighted by Gasteiger charge is 2.33. The van der Waals surface area contributed by atoms with E-state index < -0.39 is 0 Å². The molecule has 1 aliphatic rings. The molecule has 0 radical (unpaired) electrons. The maximum atomic E-state index is 13.6. The number of carbonyl (C=O) groups is 1. The molecule has 1 amide bonds. The van der Waals surface area contributed by atoms with Crippen LogP contribution < -0.4 is 0 Å². The number of carbonyl (C=O) groups excluding carboxylic acids is 1. The topological polar surface area (TPSA) is 36.1 Å². The van der Waals surface area contributed by atoms with E-state index in [9.17, 15) is 13.6 Å². The van der Waals surface area contributed by atoms with Crippen LogP contribution in [-0.4, -0.2) is 21.8 Å². The second-order valence-corrected chi connectivity index (χ2v) is 6.98. The largest absolute Gasteiger partial charge is 0.358 e. The minimum atomic E-state index is -0.316. The van der Waals surface area contributed by atoms with Crippen LogP contribution in [0.4, 0.5) is 8.78 Å². The van der Waals surface area contributed by atoms with Gasteiger partial charge in [0.15, 0.2) is 0 Å². The first-order valence-electron chi connectivity index (χ1n) is 8.82. The standard InChI is InChI=1S/C21H20F2N2O/c1-13-18(19-10-16(23)5-8-20(19)24-13)11-21(26)25(17-6-7-17)12-14-3-2-4-15(22)9-14/h2-5,8-10,17,24H,6-7,11-12H2,1H3. The van der Waals surface area contributed by atoms with Crippen molar-refractivity contribution >= 4 is 16.8 Å². The van der Waals surface area contributed by atoms with Crippen LogP contribution >= 0.6 is 0 Å². The fourth-order valence-corrected chi connectivity index (χ4v) is 3.47. The molecular formula is C21H20F2N2O. The number of halogens is 2. The Hall–Kier alpha value is -2.69. The number of benzene rings is 2. The number of hydrogen-bond acceptors (Lipinski definition) is 1. The monoisotopic (exact) mass is 354 g/mol. The number of amides is 1. The number of aromatic amines is 1. The van der Waals surface area contributed by atoms with Crippen LogP contribution in [-0.2, 0) is 17.8 Å². The summed E-state index contributed by atoms with van der Waals surface area (Å²) in [7, 11) is 0. The zero-order valence-electron chi connectivity index (χ0n) is 14.6. The van der Waals surface area contributed by atoms with Crippen molar-refractivity contribution in [3.05, 3.63) is 70.9 Å². The van der Waals surface area contributed by atoms with Gasteiger partial charge < -0.3 is 9.88 Å². The van der Waals surface area contributed by atoms with Crippen molar-refractivity contribution in [1.82, 2.24) is 9.88 Å². The molecule has 0 unspecified atom stereocenters. The lowest BCUT2D eigenvalue weighted by molar-refractivity contribution is -0.131. The molecule has 134 valence electrons. The Morgan fingerprint density at radius 1 is 1.15 bits per heavy atom. The fraction of sp³-hybridized carbons (Fsp3) is 0.286. The fourth-order valence-electron chi connectivity index (χ4n) is 3.47. The highest BCUT2D eigenvalue weighted by atomic mass is 19.1. The van der Waals surface area contributed by atoms with Gasteiger partial charge in [0.2, 0.25) is 5.91 Å². The van der Waals surface area contributed by atoms with E-state index in [0.29, 0.717) is 6.54 Å². The minimum absolute atomic E-state index is 0.00924. The summed E-state index contributed by atoms with van der Waals surface area (Å²) in [6.45, 7) is 2.30. The van der Waals surface area contributed by atoms with E-state index >= 15 is 0 Å². The molecule has 1 aromatic heterocycles. The molecule has 26 heavy (non-hydrogen) atoms. The molecule has 0 saturated heterocycles. The number of nitrogens with one attached hydrogen (secondary N) is 1. The van der Waals surface area contributed by atoms with Crippen molar-refractivity contribution in [3.63, 3.8) is 0 Å². The predicted molar refractivity (Wildman–Crippen MR) is 96.7 cm³/mol. The summed E-state index contributed by atoms with van der Waals surface area (Å²) in [5.74, 6) is -0.623. The SMILES string of the molecule is Cc1[nH]c2ccc(F)cc2c1CC(=O)N(Cc1cccc(F)c1)C1CC1. The van der Waals surface area contributed by atoms with E-state index in [-0.39, 0.29) is 30.0 Å². The molecule has 3 aromatic rings. The molecule has 0 bridgehead atoms. The van der Waals surface area contributed by atoms with Gasteiger partial charge in [0.05, 0.1) is 6.42 Å². The molecule has 5 heteroatoms. The number of H-pyrrole nitrogens is 1. The number of hydrogen-bond donors (Lipinski definition) is 1. The smallest absolute Gasteiger partial charge is 0.227 e. The molecule has 0 atom stereocenters. The Bertz CT molecular complexity index is 975. The molecule has 2 aromatic carbocycles. The molecule has 1 fully saturated rings. The summed E-state index contributed by atoms with van der Waals surface area (Å²) in [5.41, 5.74) is 3.32. The van der Waals surface area contributed by atoms with Crippen molar-refractivity contribution in [2.75, 3.05) is 0 Å². The Labute approximate surface area is 150 Å². The second kappa shape index (κ2) is 6.56. The van der Waals surface area contributed by atoms with Crippen LogP contribution in [0.25, 0.3) is 10.9 Å². The molecule has 0 aliphatic heterocycles. The van der Waals surface area contributed by atoms with Crippen LogP contribution in [0.15, 0.2) is 42.5 Å². The molecule has 1 aliphatic carbocycles. The van der Waals surface area contributed by atoms with E-state index in [1.54, 1.807) is 12.1 Å². The highest BCUT2D eigenvalue weighted by molar-refractivity contribution is 5.90. The first kappa shape index (κ1) is 16.8. The third kappa shape index (κ3) is 3.34. The lowest BCUT2D eigenvalue weighted by Crippen LogP contribution is -2.34. The summed E-state index contributed by atoms with van der Waals surface area (Å²) in [5, 5.41) is 0.748. The second-order valence-electron chi connectivity index (χ2n) is 6.98. The van der Waals surface area contributed by atoms with Gasteiger partial charge in [0.1, 0.15) is 11.6 Å². The first-order chi connectivity index (χ1) is 12.5. The zero-order chi connectivity index (χ0) is 18.3. The summed E-state index contributed by atoms with van der Waals surface area (Å²) >= 11 is 0. The van der Waals surface area contributed by atoms with Gasteiger partial charge in [-0.05, 0) is 61.2 Å². The average molecular weight is 354 g/mol. The third-order valence-electron chi connectivity index (χ3n) is 4.96. The first-order valence-corrected chi connectivity index (χ1v) is 8.82. The van der Waals surface area contributed by atoms with Crippen LogP contribution in [0.5, 0.6) is 0 Å². The van der Waals surface area contributed by atoms with E-state index in [1.165, 1.54) is 24.3 Å². The summed E-state index contributed by atoms with van der Waals surface area (Å²) in [6.07, 6.45) is 2.16. The normalized spacial score (nSPS) is 14.0. The van der Waals surface area contributed by atoms with Crippen LogP contribution in [0.3, 0.4) is 0 Å². The van der Waals surface area contributed by atoms with Crippen LogP contribution in [0.2, 0.25) is 0 Å². The maximum absolute atomic E-state index is 13.6. The Morgan fingerprint density at radius 2 is 1.92 bits per heavy atom. The molecule has 0 spiro atoms. The quantitative estimate of drug-likeness (QED) is 0.720. The summed E-state index contributed by atoms with van der Waals surface area (Å²) in [6, 6.07) is 11.1. The van der Waals surface area contributed by atoms with E-state index in [0.717, 1.165) is 40.6 Å².